The topological polar surface area (TPSA) is 90.9 Å². The molecule has 3 rings (SSSR count). The first kappa shape index (κ1) is 17.0. The summed E-state index contributed by atoms with van der Waals surface area (Å²) in [6.45, 7) is -0.0841. The fraction of sp³-hybridized carbons (Fsp3) is 0.250. The number of halogens is 1. The van der Waals surface area contributed by atoms with Crippen molar-refractivity contribution in [1.29, 1.82) is 0 Å². The molecule has 0 aliphatic rings. The summed E-state index contributed by atoms with van der Waals surface area (Å²) in [5.74, 6) is -0.435. The van der Waals surface area contributed by atoms with Crippen LogP contribution in [-0.4, -0.2) is 24.6 Å². The van der Waals surface area contributed by atoms with Gasteiger partial charge in [0.05, 0.1) is 6.33 Å². The molecule has 0 radical (unpaired) electrons. The van der Waals surface area contributed by atoms with Crippen molar-refractivity contribution in [3.8, 4) is 0 Å². The Labute approximate surface area is 147 Å². The number of carbonyl (C=O) groups is 1. The first-order chi connectivity index (χ1) is 11.9. The summed E-state index contributed by atoms with van der Waals surface area (Å²) < 4.78 is 3.68. The Hall–Kier alpha value is -2.87. The molecule has 130 valence electrons. The van der Waals surface area contributed by atoms with E-state index in [0.717, 1.165) is 10.1 Å². The van der Waals surface area contributed by atoms with Gasteiger partial charge in [0.2, 0.25) is 5.91 Å². The van der Waals surface area contributed by atoms with E-state index in [4.69, 9.17) is 11.6 Å². The number of hydrogen-bond acceptors (Lipinski definition) is 4. The maximum atomic E-state index is 12.5. The minimum atomic E-state index is -0.585. The monoisotopic (exact) mass is 361 g/mol. The SMILES string of the molecule is Cn1cnc2c1c(=O)n(CC(=O)NCc1ccc(Cl)cc1)c(=O)n2C. The number of aromatic nitrogens is 4. The van der Waals surface area contributed by atoms with Crippen molar-refractivity contribution in [1.82, 2.24) is 24.0 Å². The van der Waals surface area contributed by atoms with Gasteiger partial charge in [-0.25, -0.2) is 14.3 Å². The highest BCUT2D eigenvalue weighted by Gasteiger charge is 2.16. The standard InChI is InChI=1S/C16H16ClN5O3/c1-20-9-19-14-13(20)15(24)22(16(25)21(14)2)8-12(23)18-7-10-3-5-11(17)6-4-10/h3-6,9H,7-8H2,1-2H3,(H,18,23). The highest BCUT2D eigenvalue weighted by Crippen LogP contribution is 2.09. The van der Waals surface area contributed by atoms with Crippen LogP contribution in [0.25, 0.3) is 11.2 Å². The molecule has 0 saturated carbocycles. The molecule has 0 unspecified atom stereocenters. The molecule has 0 aliphatic heterocycles. The maximum absolute atomic E-state index is 12.5. The van der Waals surface area contributed by atoms with Gasteiger partial charge in [-0.3, -0.25) is 14.2 Å². The number of carbonyl (C=O) groups excluding carboxylic acids is 1. The van der Waals surface area contributed by atoms with E-state index in [1.807, 2.05) is 0 Å². The van der Waals surface area contributed by atoms with E-state index in [9.17, 15) is 14.4 Å². The molecule has 0 fully saturated rings. The molecule has 1 N–H and O–H groups in total. The van der Waals surface area contributed by atoms with Crippen molar-refractivity contribution in [2.45, 2.75) is 13.1 Å². The van der Waals surface area contributed by atoms with Crippen LogP contribution in [0.4, 0.5) is 0 Å². The second-order valence-corrected chi connectivity index (χ2v) is 6.10. The second kappa shape index (κ2) is 6.56. The third-order valence-corrected chi connectivity index (χ3v) is 4.16. The van der Waals surface area contributed by atoms with Crippen LogP contribution >= 0.6 is 11.6 Å². The van der Waals surface area contributed by atoms with Crippen LogP contribution < -0.4 is 16.6 Å². The Bertz CT molecular complexity index is 1060. The molecule has 2 heterocycles. The summed E-state index contributed by atoms with van der Waals surface area (Å²) in [6.07, 6.45) is 1.45. The summed E-state index contributed by atoms with van der Waals surface area (Å²) in [4.78, 5) is 41.1. The van der Waals surface area contributed by atoms with Crippen LogP contribution in [0.1, 0.15) is 5.56 Å². The first-order valence-electron chi connectivity index (χ1n) is 7.50. The number of fused-ring (bicyclic) bond motifs is 1. The minimum Gasteiger partial charge on any atom is -0.350 e. The molecule has 1 amide bonds. The Morgan fingerprint density at radius 3 is 2.56 bits per heavy atom. The Kier molecular flexibility index (Phi) is 4.45. The molecule has 2 aromatic heterocycles. The molecule has 0 aliphatic carbocycles. The van der Waals surface area contributed by atoms with Crippen LogP contribution in [-0.2, 0) is 32.0 Å². The van der Waals surface area contributed by atoms with Crippen molar-refractivity contribution in [3.05, 3.63) is 62.0 Å². The van der Waals surface area contributed by atoms with Crippen LogP contribution in [0, 0.1) is 0 Å². The number of nitrogens with one attached hydrogen (secondary N) is 1. The zero-order chi connectivity index (χ0) is 18.1. The number of imidazole rings is 1. The molecular weight excluding hydrogens is 346 g/mol. The van der Waals surface area contributed by atoms with Gasteiger partial charge in [-0.1, -0.05) is 23.7 Å². The van der Waals surface area contributed by atoms with E-state index < -0.39 is 17.2 Å². The Morgan fingerprint density at radius 1 is 1.20 bits per heavy atom. The van der Waals surface area contributed by atoms with Crippen molar-refractivity contribution in [2.24, 2.45) is 14.1 Å². The van der Waals surface area contributed by atoms with Gasteiger partial charge >= 0.3 is 5.69 Å². The van der Waals surface area contributed by atoms with E-state index in [2.05, 4.69) is 10.3 Å². The lowest BCUT2D eigenvalue weighted by atomic mass is 10.2. The molecule has 3 aromatic rings. The normalized spacial score (nSPS) is 11.0. The summed E-state index contributed by atoms with van der Waals surface area (Å²) >= 11 is 5.81. The van der Waals surface area contributed by atoms with E-state index in [1.54, 1.807) is 31.3 Å². The summed E-state index contributed by atoms with van der Waals surface area (Å²) in [5, 5.41) is 3.29. The molecule has 0 bridgehead atoms. The molecule has 8 nitrogen and oxygen atoms in total. The van der Waals surface area contributed by atoms with Gasteiger partial charge in [0.15, 0.2) is 11.2 Å². The minimum absolute atomic E-state index is 0.271. The smallest absolute Gasteiger partial charge is 0.332 e. The van der Waals surface area contributed by atoms with Crippen molar-refractivity contribution >= 4 is 28.7 Å². The van der Waals surface area contributed by atoms with E-state index >= 15 is 0 Å². The quantitative estimate of drug-likeness (QED) is 0.728. The number of hydrogen-bond donors (Lipinski definition) is 1. The lowest BCUT2D eigenvalue weighted by molar-refractivity contribution is -0.121. The average molecular weight is 362 g/mol. The van der Waals surface area contributed by atoms with Crippen LogP contribution in [0.2, 0.25) is 5.02 Å². The molecule has 25 heavy (non-hydrogen) atoms. The van der Waals surface area contributed by atoms with E-state index in [0.29, 0.717) is 5.02 Å². The van der Waals surface area contributed by atoms with Gasteiger partial charge < -0.3 is 9.88 Å². The fourth-order valence-electron chi connectivity index (χ4n) is 2.54. The maximum Gasteiger partial charge on any atom is 0.332 e. The number of benzene rings is 1. The van der Waals surface area contributed by atoms with Crippen LogP contribution in [0.15, 0.2) is 40.2 Å². The Morgan fingerprint density at radius 2 is 1.88 bits per heavy atom. The van der Waals surface area contributed by atoms with Crippen molar-refractivity contribution in [3.63, 3.8) is 0 Å². The largest absolute Gasteiger partial charge is 0.350 e. The van der Waals surface area contributed by atoms with Crippen molar-refractivity contribution in [2.75, 3.05) is 0 Å². The zero-order valence-corrected chi connectivity index (χ0v) is 14.4. The summed E-state index contributed by atoms with van der Waals surface area (Å²) in [6, 6.07) is 7.02. The van der Waals surface area contributed by atoms with Gasteiger partial charge in [0.1, 0.15) is 6.54 Å². The molecule has 0 saturated heterocycles. The number of nitrogens with zero attached hydrogens (tertiary/aromatic N) is 4. The third kappa shape index (κ3) is 3.20. The van der Waals surface area contributed by atoms with Crippen LogP contribution in [0.3, 0.4) is 0 Å². The predicted octanol–water partition coefficient (Wildman–Crippen LogP) is 0.403. The first-order valence-corrected chi connectivity index (χ1v) is 7.88. The number of rotatable bonds is 4. The lowest BCUT2D eigenvalue weighted by Gasteiger charge is -2.09. The average Bonchev–Trinajstić information content (AvgIpc) is 2.98. The molecule has 1 aromatic carbocycles. The van der Waals surface area contributed by atoms with Gasteiger partial charge in [-0.05, 0) is 17.7 Å². The molecule has 0 spiro atoms. The highest BCUT2D eigenvalue weighted by molar-refractivity contribution is 6.30. The fourth-order valence-corrected chi connectivity index (χ4v) is 2.66. The van der Waals surface area contributed by atoms with Gasteiger partial charge in [-0.2, -0.15) is 0 Å². The Balaban J connectivity index is 1.84. The second-order valence-electron chi connectivity index (χ2n) is 5.66. The lowest BCUT2D eigenvalue weighted by Crippen LogP contribution is -2.43. The number of aryl methyl sites for hydroxylation is 2. The molecule has 0 atom stereocenters. The third-order valence-electron chi connectivity index (χ3n) is 3.91. The number of amides is 1. The predicted molar refractivity (Wildman–Crippen MR) is 93.5 cm³/mol. The van der Waals surface area contributed by atoms with Gasteiger partial charge in [-0.15, -0.1) is 0 Å². The molecule has 9 heteroatoms. The van der Waals surface area contributed by atoms with Crippen molar-refractivity contribution < 1.29 is 4.79 Å². The van der Waals surface area contributed by atoms with E-state index in [1.165, 1.54) is 22.5 Å². The van der Waals surface area contributed by atoms with Gasteiger partial charge in [0.25, 0.3) is 5.56 Å². The van der Waals surface area contributed by atoms with Gasteiger partial charge in [0, 0.05) is 25.7 Å². The highest BCUT2D eigenvalue weighted by atomic mass is 35.5. The summed E-state index contributed by atoms with van der Waals surface area (Å²) in [5.41, 5.74) is 0.292. The van der Waals surface area contributed by atoms with E-state index in [-0.39, 0.29) is 24.3 Å². The zero-order valence-electron chi connectivity index (χ0n) is 13.7. The molecular formula is C16H16ClN5O3. The van der Waals surface area contributed by atoms with Crippen LogP contribution in [0.5, 0.6) is 0 Å². The summed E-state index contributed by atoms with van der Waals surface area (Å²) in [7, 11) is 3.17.